The summed E-state index contributed by atoms with van der Waals surface area (Å²) in [4.78, 5) is 11.4. The molecule has 1 saturated heterocycles. The summed E-state index contributed by atoms with van der Waals surface area (Å²) in [5.74, 6) is 1.34. The predicted molar refractivity (Wildman–Crippen MR) is 82.9 cm³/mol. The molecule has 0 spiro atoms. The molecule has 0 aromatic heterocycles. The van der Waals surface area contributed by atoms with Crippen molar-refractivity contribution in [1.29, 1.82) is 0 Å². The third kappa shape index (κ3) is 3.90. The minimum Gasteiger partial charge on any atom is -0.465 e. The fourth-order valence-corrected chi connectivity index (χ4v) is 4.66. The normalized spacial score (nSPS) is 16.6. The molecule has 6 nitrogen and oxygen atoms in total. The SMILES string of the molecule is COC(=O)c1ccc(S(=O)(=O)NC2CCSCC2)c(N)c1. The molecule has 1 heterocycles. The van der Waals surface area contributed by atoms with Crippen LogP contribution in [0, 0.1) is 0 Å². The summed E-state index contributed by atoms with van der Waals surface area (Å²) in [5.41, 5.74) is 6.04. The van der Waals surface area contributed by atoms with Gasteiger partial charge in [0.05, 0.1) is 18.4 Å². The lowest BCUT2D eigenvalue weighted by Gasteiger charge is -2.22. The van der Waals surface area contributed by atoms with Gasteiger partial charge in [0.2, 0.25) is 10.0 Å². The lowest BCUT2D eigenvalue weighted by Crippen LogP contribution is -2.37. The van der Waals surface area contributed by atoms with E-state index in [1.54, 1.807) is 0 Å². The Bertz CT molecular complexity index is 625. The van der Waals surface area contributed by atoms with Gasteiger partial charge in [-0.2, -0.15) is 11.8 Å². The first-order valence-corrected chi connectivity index (χ1v) is 9.16. The lowest BCUT2D eigenvalue weighted by atomic mass is 10.2. The third-order valence-electron chi connectivity index (χ3n) is 3.26. The zero-order chi connectivity index (χ0) is 15.5. The highest BCUT2D eigenvalue weighted by Crippen LogP contribution is 2.23. The van der Waals surface area contributed by atoms with Crippen molar-refractivity contribution in [2.75, 3.05) is 24.3 Å². The fraction of sp³-hybridized carbons (Fsp3) is 0.462. The number of anilines is 1. The Morgan fingerprint density at radius 2 is 2.05 bits per heavy atom. The van der Waals surface area contributed by atoms with Crippen LogP contribution in [-0.4, -0.2) is 39.0 Å². The van der Waals surface area contributed by atoms with Crippen molar-refractivity contribution in [3.05, 3.63) is 23.8 Å². The molecular weight excluding hydrogens is 312 g/mol. The van der Waals surface area contributed by atoms with Gasteiger partial charge in [-0.25, -0.2) is 17.9 Å². The van der Waals surface area contributed by atoms with Crippen molar-refractivity contribution < 1.29 is 17.9 Å². The number of carbonyl (C=O) groups excluding carboxylic acids is 1. The van der Waals surface area contributed by atoms with Crippen LogP contribution in [0.25, 0.3) is 0 Å². The van der Waals surface area contributed by atoms with Crippen molar-refractivity contribution in [2.45, 2.75) is 23.8 Å². The number of nitrogens with two attached hydrogens (primary N) is 1. The van der Waals surface area contributed by atoms with Crippen molar-refractivity contribution in [1.82, 2.24) is 4.72 Å². The molecule has 21 heavy (non-hydrogen) atoms. The maximum atomic E-state index is 12.4. The van der Waals surface area contributed by atoms with E-state index in [9.17, 15) is 13.2 Å². The van der Waals surface area contributed by atoms with Gasteiger partial charge in [-0.15, -0.1) is 0 Å². The molecule has 1 aromatic carbocycles. The first-order chi connectivity index (χ1) is 9.94. The van der Waals surface area contributed by atoms with Gasteiger partial charge in [-0.3, -0.25) is 0 Å². The lowest BCUT2D eigenvalue weighted by molar-refractivity contribution is 0.0600. The Balaban J connectivity index is 2.21. The Hall–Kier alpha value is -1.25. The van der Waals surface area contributed by atoms with E-state index in [-0.39, 0.29) is 22.2 Å². The highest BCUT2D eigenvalue weighted by molar-refractivity contribution is 7.99. The maximum absolute atomic E-state index is 12.4. The number of nitrogen functional groups attached to an aromatic ring is 1. The Morgan fingerprint density at radius 1 is 1.38 bits per heavy atom. The molecule has 0 aliphatic carbocycles. The van der Waals surface area contributed by atoms with Gasteiger partial charge >= 0.3 is 5.97 Å². The number of carbonyl (C=O) groups is 1. The van der Waals surface area contributed by atoms with E-state index in [4.69, 9.17) is 5.73 Å². The zero-order valence-electron chi connectivity index (χ0n) is 11.7. The molecule has 0 saturated carbocycles. The topological polar surface area (TPSA) is 98.5 Å². The number of benzene rings is 1. The second-order valence-corrected chi connectivity index (χ2v) is 7.66. The van der Waals surface area contributed by atoms with Gasteiger partial charge in [0.25, 0.3) is 0 Å². The van der Waals surface area contributed by atoms with Gasteiger partial charge in [0.15, 0.2) is 0 Å². The number of hydrogen-bond donors (Lipinski definition) is 2. The van der Waals surface area contributed by atoms with Crippen molar-refractivity contribution in [3.63, 3.8) is 0 Å². The Morgan fingerprint density at radius 3 is 2.62 bits per heavy atom. The number of thioether (sulfide) groups is 1. The second-order valence-electron chi connectivity index (χ2n) is 4.75. The van der Waals surface area contributed by atoms with E-state index in [0.717, 1.165) is 24.3 Å². The molecule has 0 radical (unpaired) electrons. The number of hydrogen-bond acceptors (Lipinski definition) is 6. The molecule has 1 aliphatic rings. The summed E-state index contributed by atoms with van der Waals surface area (Å²) >= 11 is 1.82. The van der Waals surface area contributed by atoms with E-state index in [2.05, 4.69) is 9.46 Å². The molecular formula is C13H18N2O4S2. The first kappa shape index (κ1) is 16.1. The van der Waals surface area contributed by atoms with Crippen molar-refractivity contribution in [2.24, 2.45) is 0 Å². The number of ether oxygens (including phenoxy) is 1. The monoisotopic (exact) mass is 330 g/mol. The van der Waals surface area contributed by atoms with Gasteiger partial charge < -0.3 is 10.5 Å². The van der Waals surface area contributed by atoms with Gasteiger partial charge in [-0.05, 0) is 42.5 Å². The van der Waals surface area contributed by atoms with E-state index in [0.29, 0.717) is 0 Å². The standard InChI is InChI=1S/C13H18N2O4S2/c1-19-13(16)9-2-3-12(11(14)8-9)21(17,18)15-10-4-6-20-7-5-10/h2-3,8,10,15H,4-7,14H2,1H3. The summed E-state index contributed by atoms with van der Waals surface area (Å²) < 4.78 is 32.0. The van der Waals surface area contributed by atoms with E-state index < -0.39 is 16.0 Å². The van der Waals surface area contributed by atoms with Crippen LogP contribution in [0.15, 0.2) is 23.1 Å². The molecule has 0 amide bonds. The van der Waals surface area contributed by atoms with Crippen LogP contribution in [0.1, 0.15) is 23.2 Å². The summed E-state index contributed by atoms with van der Waals surface area (Å²) in [5, 5.41) is 0. The summed E-state index contributed by atoms with van der Waals surface area (Å²) in [7, 11) is -2.42. The molecule has 0 unspecified atom stereocenters. The molecule has 3 N–H and O–H groups in total. The average Bonchev–Trinajstić information content (AvgIpc) is 2.46. The van der Waals surface area contributed by atoms with E-state index in [1.807, 2.05) is 11.8 Å². The minimum atomic E-state index is -3.68. The summed E-state index contributed by atoms with van der Waals surface area (Å²) in [6.07, 6.45) is 1.62. The molecule has 116 valence electrons. The molecule has 0 bridgehead atoms. The smallest absolute Gasteiger partial charge is 0.337 e. The van der Waals surface area contributed by atoms with Gasteiger partial charge in [-0.1, -0.05) is 0 Å². The summed E-state index contributed by atoms with van der Waals surface area (Å²) in [6.45, 7) is 0. The van der Waals surface area contributed by atoms with Gasteiger partial charge in [0.1, 0.15) is 4.90 Å². The predicted octanol–water partition coefficient (Wildman–Crippen LogP) is 1.23. The van der Waals surface area contributed by atoms with Gasteiger partial charge in [0, 0.05) is 6.04 Å². The van der Waals surface area contributed by atoms with Crippen LogP contribution < -0.4 is 10.5 Å². The van der Waals surface area contributed by atoms with Crippen molar-refractivity contribution >= 4 is 33.4 Å². The molecule has 2 rings (SSSR count). The third-order valence-corrected chi connectivity index (χ3v) is 5.91. The largest absolute Gasteiger partial charge is 0.465 e. The van der Waals surface area contributed by atoms with Crippen LogP contribution in [0.5, 0.6) is 0 Å². The van der Waals surface area contributed by atoms with Crippen molar-refractivity contribution in [3.8, 4) is 0 Å². The number of rotatable bonds is 4. The minimum absolute atomic E-state index is 0.00613. The number of esters is 1. The van der Waals surface area contributed by atoms with E-state index >= 15 is 0 Å². The van der Waals surface area contributed by atoms with Crippen LogP contribution >= 0.6 is 11.8 Å². The summed E-state index contributed by atoms with van der Waals surface area (Å²) in [6, 6.07) is 3.99. The first-order valence-electron chi connectivity index (χ1n) is 6.52. The molecule has 0 atom stereocenters. The zero-order valence-corrected chi connectivity index (χ0v) is 13.3. The Labute approximate surface area is 128 Å². The quantitative estimate of drug-likeness (QED) is 0.636. The van der Waals surface area contributed by atoms with Crippen LogP contribution in [0.4, 0.5) is 5.69 Å². The number of sulfonamides is 1. The average molecular weight is 330 g/mol. The molecule has 1 aliphatic heterocycles. The number of methoxy groups -OCH3 is 1. The second kappa shape index (κ2) is 6.67. The van der Waals surface area contributed by atoms with Crippen LogP contribution in [-0.2, 0) is 14.8 Å². The fourth-order valence-electron chi connectivity index (χ4n) is 2.14. The van der Waals surface area contributed by atoms with Crippen LogP contribution in [0.3, 0.4) is 0 Å². The molecule has 1 aromatic rings. The van der Waals surface area contributed by atoms with E-state index in [1.165, 1.54) is 25.3 Å². The highest BCUT2D eigenvalue weighted by Gasteiger charge is 2.24. The Kier molecular flexibility index (Phi) is 5.13. The number of nitrogens with one attached hydrogen (secondary N) is 1. The van der Waals surface area contributed by atoms with Crippen LogP contribution in [0.2, 0.25) is 0 Å². The molecule has 1 fully saturated rings. The maximum Gasteiger partial charge on any atom is 0.337 e. The highest BCUT2D eigenvalue weighted by atomic mass is 32.2. The molecule has 8 heteroatoms.